The van der Waals surface area contributed by atoms with E-state index in [0.29, 0.717) is 16.9 Å². The molecule has 0 saturated heterocycles. The molecule has 2 N–H and O–H groups in total. The van der Waals surface area contributed by atoms with Crippen LogP contribution < -0.4 is 10.6 Å². The van der Waals surface area contributed by atoms with E-state index in [1.807, 2.05) is 5.38 Å². The number of thioether (sulfide) groups is 1. The smallest absolute Gasteiger partial charge is 0.236 e. The number of aromatic nitrogens is 3. The fourth-order valence-electron chi connectivity index (χ4n) is 2.32. The van der Waals surface area contributed by atoms with E-state index >= 15 is 0 Å². The number of rotatable bonds is 6. The SMILES string of the molecule is O=C(CSc1nnc(NC2CCCCC2)s1)Nc1nccs1. The Balaban J connectivity index is 1.44. The van der Waals surface area contributed by atoms with Crippen LogP contribution >= 0.6 is 34.4 Å². The van der Waals surface area contributed by atoms with Crippen molar-refractivity contribution in [1.82, 2.24) is 15.2 Å². The molecule has 0 unspecified atom stereocenters. The van der Waals surface area contributed by atoms with Gasteiger partial charge >= 0.3 is 0 Å². The molecular weight excluding hydrogens is 338 g/mol. The van der Waals surface area contributed by atoms with Gasteiger partial charge in [0.05, 0.1) is 5.75 Å². The Hall–Kier alpha value is -1.19. The van der Waals surface area contributed by atoms with Gasteiger partial charge in [0.2, 0.25) is 11.0 Å². The van der Waals surface area contributed by atoms with Crippen LogP contribution in [0.4, 0.5) is 10.3 Å². The van der Waals surface area contributed by atoms with Crippen LogP contribution in [-0.2, 0) is 4.79 Å². The summed E-state index contributed by atoms with van der Waals surface area (Å²) in [6.07, 6.45) is 7.99. The molecule has 1 aliphatic rings. The van der Waals surface area contributed by atoms with Gasteiger partial charge in [-0.05, 0) is 12.8 Å². The Morgan fingerprint density at radius 3 is 2.91 bits per heavy atom. The Morgan fingerprint density at radius 2 is 2.14 bits per heavy atom. The maximum Gasteiger partial charge on any atom is 0.236 e. The largest absolute Gasteiger partial charge is 0.357 e. The molecule has 2 aromatic heterocycles. The molecular formula is C13H17N5OS3. The quantitative estimate of drug-likeness (QED) is 0.772. The van der Waals surface area contributed by atoms with Gasteiger partial charge in [0.1, 0.15) is 0 Å². The minimum atomic E-state index is -0.0723. The maximum atomic E-state index is 11.8. The van der Waals surface area contributed by atoms with Gasteiger partial charge in [-0.2, -0.15) is 0 Å². The molecule has 2 heterocycles. The number of hydrogen-bond donors (Lipinski definition) is 2. The van der Waals surface area contributed by atoms with Gasteiger partial charge in [-0.25, -0.2) is 4.98 Å². The first-order valence-corrected chi connectivity index (χ1v) is 9.90. The molecule has 1 aliphatic carbocycles. The summed E-state index contributed by atoms with van der Waals surface area (Å²) in [6, 6.07) is 0.521. The van der Waals surface area contributed by atoms with Crippen LogP contribution in [0.25, 0.3) is 0 Å². The van der Waals surface area contributed by atoms with E-state index in [-0.39, 0.29) is 5.91 Å². The fourth-order valence-corrected chi connectivity index (χ4v) is 4.49. The Bertz CT molecular complexity index is 595. The Morgan fingerprint density at radius 1 is 1.27 bits per heavy atom. The average molecular weight is 356 g/mol. The van der Waals surface area contributed by atoms with E-state index in [0.717, 1.165) is 9.47 Å². The molecule has 0 radical (unpaired) electrons. The van der Waals surface area contributed by atoms with Gasteiger partial charge in [-0.15, -0.1) is 21.5 Å². The summed E-state index contributed by atoms with van der Waals surface area (Å²) in [4.78, 5) is 15.8. The summed E-state index contributed by atoms with van der Waals surface area (Å²) in [7, 11) is 0. The molecule has 1 amide bonds. The van der Waals surface area contributed by atoms with Gasteiger partial charge in [-0.3, -0.25) is 4.79 Å². The van der Waals surface area contributed by atoms with E-state index in [1.165, 1.54) is 66.5 Å². The molecule has 118 valence electrons. The third kappa shape index (κ3) is 4.65. The normalized spacial score (nSPS) is 15.6. The molecule has 2 aromatic rings. The van der Waals surface area contributed by atoms with Crippen LogP contribution in [-0.4, -0.2) is 32.9 Å². The zero-order valence-electron chi connectivity index (χ0n) is 11.9. The highest BCUT2D eigenvalue weighted by Gasteiger charge is 2.15. The van der Waals surface area contributed by atoms with Gasteiger partial charge in [0.15, 0.2) is 9.47 Å². The van der Waals surface area contributed by atoms with Gasteiger partial charge in [-0.1, -0.05) is 42.4 Å². The van der Waals surface area contributed by atoms with Crippen LogP contribution in [0.3, 0.4) is 0 Å². The molecule has 0 aromatic carbocycles. The molecule has 1 saturated carbocycles. The summed E-state index contributed by atoms with van der Waals surface area (Å²) in [5.74, 6) is 0.245. The molecule has 1 fully saturated rings. The lowest BCUT2D eigenvalue weighted by atomic mass is 9.96. The molecule has 22 heavy (non-hydrogen) atoms. The third-order valence-electron chi connectivity index (χ3n) is 3.34. The standard InChI is InChI=1S/C13H17N5OS3/c19-10(16-11-14-6-7-20-11)8-21-13-18-17-12(22-13)15-9-4-2-1-3-5-9/h6-7,9H,1-5,8H2,(H,15,17)(H,14,16,19). The van der Waals surface area contributed by atoms with E-state index in [1.54, 1.807) is 6.20 Å². The maximum absolute atomic E-state index is 11.8. The van der Waals surface area contributed by atoms with E-state index in [2.05, 4.69) is 25.8 Å². The van der Waals surface area contributed by atoms with Gasteiger partial charge in [0, 0.05) is 17.6 Å². The number of carbonyl (C=O) groups is 1. The summed E-state index contributed by atoms with van der Waals surface area (Å²) in [5.41, 5.74) is 0. The molecule has 6 nitrogen and oxygen atoms in total. The number of anilines is 2. The fraction of sp³-hybridized carbons (Fsp3) is 0.538. The highest BCUT2D eigenvalue weighted by molar-refractivity contribution is 8.01. The Labute approximate surface area is 141 Å². The topological polar surface area (TPSA) is 79.8 Å². The zero-order valence-corrected chi connectivity index (χ0v) is 14.4. The van der Waals surface area contributed by atoms with Gasteiger partial charge in [0.25, 0.3) is 0 Å². The van der Waals surface area contributed by atoms with Crippen LogP contribution in [0.5, 0.6) is 0 Å². The first-order chi connectivity index (χ1) is 10.8. The predicted molar refractivity (Wildman–Crippen MR) is 91.9 cm³/mol. The van der Waals surface area contributed by atoms with Crippen molar-refractivity contribution in [3.05, 3.63) is 11.6 Å². The minimum Gasteiger partial charge on any atom is -0.357 e. The van der Waals surface area contributed by atoms with Crippen molar-refractivity contribution in [2.24, 2.45) is 0 Å². The van der Waals surface area contributed by atoms with E-state index in [4.69, 9.17) is 0 Å². The average Bonchev–Trinajstić information content (AvgIpc) is 3.18. The number of amides is 1. The van der Waals surface area contributed by atoms with E-state index in [9.17, 15) is 4.79 Å². The number of nitrogens with zero attached hydrogens (tertiary/aromatic N) is 3. The summed E-state index contributed by atoms with van der Waals surface area (Å²) in [5, 5.41) is 17.8. The van der Waals surface area contributed by atoms with E-state index < -0.39 is 0 Å². The first kappa shape index (κ1) is 15.7. The lowest BCUT2D eigenvalue weighted by Gasteiger charge is -2.21. The molecule has 0 spiro atoms. The summed E-state index contributed by atoms with van der Waals surface area (Å²) < 4.78 is 0.813. The molecule has 3 rings (SSSR count). The highest BCUT2D eigenvalue weighted by Crippen LogP contribution is 2.28. The molecule has 0 bridgehead atoms. The second kappa shape index (κ2) is 7.89. The molecule has 0 aliphatic heterocycles. The minimum absolute atomic E-state index is 0.0723. The zero-order chi connectivity index (χ0) is 15.2. The van der Waals surface area contributed by atoms with Crippen LogP contribution in [0.1, 0.15) is 32.1 Å². The van der Waals surface area contributed by atoms with Gasteiger partial charge < -0.3 is 10.6 Å². The monoisotopic (exact) mass is 355 g/mol. The van der Waals surface area contributed by atoms with Crippen LogP contribution in [0.15, 0.2) is 15.9 Å². The van der Waals surface area contributed by atoms with Crippen LogP contribution in [0, 0.1) is 0 Å². The summed E-state index contributed by atoms with van der Waals surface area (Å²) >= 11 is 4.32. The first-order valence-electron chi connectivity index (χ1n) is 7.22. The highest BCUT2D eigenvalue weighted by atomic mass is 32.2. The number of carbonyl (C=O) groups excluding carboxylic acids is 1. The van der Waals surface area contributed by atoms with Crippen molar-refractivity contribution < 1.29 is 4.79 Å². The van der Waals surface area contributed by atoms with Crippen molar-refractivity contribution in [1.29, 1.82) is 0 Å². The lowest BCUT2D eigenvalue weighted by Crippen LogP contribution is -2.21. The Kier molecular flexibility index (Phi) is 5.63. The third-order valence-corrected chi connectivity index (χ3v) is 6.02. The second-order valence-electron chi connectivity index (χ2n) is 5.03. The van der Waals surface area contributed by atoms with Crippen molar-refractivity contribution >= 4 is 50.6 Å². The number of hydrogen-bond acceptors (Lipinski definition) is 8. The number of nitrogens with one attached hydrogen (secondary N) is 2. The van der Waals surface area contributed by atoms with Crippen molar-refractivity contribution in [3.8, 4) is 0 Å². The number of thiazole rings is 1. The lowest BCUT2D eigenvalue weighted by molar-refractivity contribution is -0.113. The van der Waals surface area contributed by atoms with Crippen molar-refractivity contribution in [2.75, 3.05) is 16.4 Å². The van der Waals surface area contributed by atoms with Crippen molar-refractivity contribution in [3.63, 3.8) is 0 Å². The summed E-state index contributed by atoms with van der Waals surface area (Å²) in [6.45, 7) is 0. The molecule has 9 heteroatoms. The molecule has 0 atom stereocenters. The predicted octanol–water partition coefficient (Wildman–Crippen LogP) is 3.47. The second-order valence-corrected chi connectivity index (χ2v) is 8.12. The van der Waals surface area contributed by atoms with Crippen LogP contribution in [0.2, 0.25) is 0 Å². The van der Waals surface area contributed by atoms with Crippen molar-refractivity contribution in [2.45, 2.75) is 42.5 Å².